The number of anilines is 1. The largest absolute Gasteiger partial charge is 0.394 e. The van der Waals surface area contributed by atoms with Gasteiger partial charge in [-0.3, -0.25) is 9.36 Å². The fourth-order valence-electron chi connectivity index (χ4n) is 3.84. The summed E-state index contributed by atoms with van der Waals surface area (Å²) in [6.07, 6.45) is -0.824. The number of rotatable bonds is 4. The van der Waals surface area contributed by atoms with Crippen LogP contribution in [-0.4, -0.2) is 50.4 Å². The maximum absolute atomic E-state index is 14.2. The summed E-state index contributed by atoms with van der Waals surface area (Å²) in [6, 6.07) is 6.62. The molecule has 0 saturated carbocycles. The molecule has 1 fully saturated rings. The van der Waals surface area contributed by atoms with Gasteiger partial charge in [0.1, 0.15) is 11.9 Å². The van der Waals surface area contributed by atoms with Gasteiger partial charge in [-0.05, 0) is 55.0 Å². The first-order valence-corrected chi connectivity index (χ1v) is 9.66. The Labute approximate surface area is 170 Å². The predicted octanol–water partition coefficient (Wildman–Crippen LogP) is 1.26. The first-order chi connectivity index (χ1) is 14.3. The number of carbonyl (C=O) groups is 1. The van der Waals surface area contributed by atoms with Crippen LogP contribution in [0.4, 0.5) is 14.6 Å². The predicted molar refractivity (Wildman–Crippen MR) is 101 cm³/mol. The molecule has 2 heterocycles. The van der Waals surface area contributed by atoms with Gasteiger partial charge in [0, 0.05) is 11.8 Å². The molecule has 3 atom stereocenters. The van der Waals surface area contributed by atoms with Crippen molar-refractivity contribution in [1.82, 2.24) is 9.55 Å². The summed E-state index contributed by atoms with van der Waals surface area (Å²) >= 11 is 0. The number of hydrogen-bond acceptors (Lipinski definition) is 6. The smallest absolute Gasteiger partial charge is 0.351 e. The fraction of sp³-hybridized carbons (Fsp3) is 0.450. The van der Waals surface area contributed by atoms with Crippen LogP contribution >= 0.6 is 0 Å². The molecule has 0 radical (unpaired) electrons. The minimum absolute atomic E-state index is 0.0976. The van der Waals surface area contributed by atoms with Gasteiger partial charge in [-0.15, -0.1) is 0 Å². The topological polar surface area (TPSA) is 114 Å². The SMILES string of the molecule is O=C(Nc1ccn(C2O[C@H](CO)[C@@H](O)C2(F)F)c(=O)n1)c1ccc2c(c1)CCCC2. The van der Waals surface area contributed by atoms with Crippen LogP contribution in [0.5, 0.6) is 0 Å². The van der Waals surface area contributed by atoms with E-state index in [0.29, 0.717) is 10.1 Å². The molecular weight excluding hydrogens is 400 g/mol. The number of ether oxygens (including phenoxy) is 1. The first-order valence-electron chi connectivity index (χ1n) is 9.66. The first kappa shape index (κ1) is 20.6. The Kier molecular flexibility index (Phi) is 5.39. The molecule has 1 aromatic heterocycles. The Balaban J connectivity index is 1.53. The minimum Gasteiger partial charge on any atom is -0.394 e. The van der Waals surface area contributed by atoms with Crippen molar-refractivity contribution >= 4 is 11.7 Å². The van der Waals surface area contributed by atoms with Gasteiger partial charge in [0.2, 0.25) is 6.23 Å². The van der Waals surface area contributed by atoms with Crippen LogP contribution in [0.25, 0.3) is 0 Å². The summed E-state index contributed by atoms with van der Waals surface area (Å²) in [4.78, 5) is 28.4. The Morgan fingerprint density at radius 1 is 1.27 bits per heavy atom. The van der Waals surface area contributed by atoms with Crippen molar-refractivity contribution in [3.8, 4) is 0 Å². The summed E-state index contributed by atoms with van der Waals surface area (Å²) in [5, 5.41) is 21.1. The Morgan fingerprint density at radius 2 is 2.00 bits per heavy atom. The summed E-state index contributed by atoms with van der Waals surface area (Å²) in [6.45, 7) is -0.829. The molecule has 4 rings (SSSR count). The van der Waals surface area contributed by atoms with Gasteiger partial charge in [0.15, 0.2) is 6.10 Å². The number of alkyl halides is 2. The number of aliphatic hydroxyl groups is 2. The molecule has 1 amide bonds. The highest BCUT2D eigenvalue weighted by Gasteiger charge is 2.59. The van der Waals surface area contributed by atoms with Crippen molar-refractivity contribution < 1.29 is 28.5 Å². The minimum atomic E-state index is -3.80. The highest BCUT2D eigenvalue weighted by atomic mass is 19.3. The molecule has 0 spiro atoms. The number of aliphatic hydroxyl groups excluding tert-OH is 2. The number of benzene rings is 1. The monoisotopic (exact) mass is 421 g/mol. The summed E-state index contributed by atoms with van der Waals surface area (Å²) in [5.41, 5.74) is 1.67. The van der Waals surface area contributed by atoms with E-state index in [9.17, 15) is 23.5 Å². The van der Waals surface area contributed by atoms with Crippen LogP contribution < -0.4 is 11.0 Å². The molecule has 1 saturated heterocycles. The summed E-state index contributed by atoms with van der Waals surface area (Å²) in [5.74, 6) is -4.36. The number of fused-ring (bicyclic) bond motifs is 1. The van der Waals surface area contributed by atoms with E-state index < -0.39 is 42.6 Å². The maximum Gasteiger partial charge on any atom is 0.351 e. The van der Waals surface area contributed by atoms with E-state index in [-0.39, 0.29) is 5.82 Å². The Bertz CT molecular complexity index is 1030. The number of aryl methyl sites for hydroxylation is 2. The Hall–Kier alpha value is -2.69. The number of halogens is 2. The number of nitrogens with zero attached hydrogens (tertiary/aromatic N) is 2. The second-order valence-corrected chi connectivity index (χ2v) is 7.48. The number of hydrogen-bond donors (Lipinski definition) is 3. The van der Waals surface area contributed by atoms with Crippen LogP contribution in [-0.2, 0) is 17.6 Å². The molecule has 1 aromatic carbocycles. The standard InChI is InChI=1S/C20H21F2N3O5/c21-20(22)16(27)14(10-26)30-18(20)25-8-7-15(24-19(25)29)23-17(28)13-6-5-11-3-1-2-4-12(11)9-13/h5-9,14,16,18,26-27H,1-4,10H2,(H,23,24,28,29)/t14-,16-,18?/m1/s1. The summed E-state index contributed by atoms with van der Waals surface area (Å²) in [7, 11) is 0. The molecule has 1 unspecified atom stereocenters. The van der Waals surface area contributed by atoms with E-state index in [4.69, 9.17) is 9.84 Å². The highest BCUT2D eigenvalue weighted by Crippen LogP contribution is 2.42. The van der Waals surface area contributed by atoms with Crippen LogP contribution in [0.15, 0.2) is 35.3 Å². The molecule has 1 aliphatic carbocycles. The van der Waals surface area contributed by atoms with Crippen molar-refractivity contribution in [3.63, 3.8) is 0 Å². The number of amides is 1. The molecule has 160 valence electrons. The highest BCUT2D eigenvalue weighted by molar-refractivity contribution is 6.03. The van der Waals surface area contributed by atoms with Crippen molar-refractivity contribution in [2.45, 2.75) is 50.0 Å². The van der Waals surface area contributed by atoms with Crippen LogP contribution in [0.2, 0.25) is 0 Å². The lowest BCUT2D eigenvalue weighted by molar-refractivity contribution is -0.140. The second-order valence-electron chi connectivity index (χ2n) is 7.48. The van der Waals surface area contributed by atoms with E-state index in [0.717, 1.165) is 37.4 Å². The maximum atomic E-state index is 14.2. The molecular formula is C20H21F2N3O5. The average molecular weight is 421 g/mol. The van der Waals surface area contributed by atoms with Gasteiger partial charge in [-0.25, -0.2) is 4.79 Å². The molecule has 2 aliphatic rings. The zero-order chi connectivity index (χ0) is 21.5. The number of carbonyl (C=O) groups excluding carboxylic acids is 1. The van der Waals surface area contributed by atoms with Gasteiger partial charge in [-0.2, -0.15) is 13.8 Å². The van der Waals surface area contributed by atoms with E-state index >= 15 is 0 Å². The molecule has 0 bridgehead atoms. The van der Waals surface area contributed by atoms with Gasteiger partial charge < -0.3 is 20.3 Å². The van der Waals surface area contributed by atoms with Crippen molar-refractivity contribution in [2.24, 2.45) is 0 Å². The second kappa shape index (κ2) is 7.86. The van der Waals surface area contributed by atoms with Crippen LogP contribution in [0.1, 0.15) is 40.6 Å². The average Bonchev–Trinajstić information content (AvgIpc) is 2.96. The van der Waals surface area contributed by atoms with E-state index in [2.05, 4.69) is 10.3 Å². The quantitative estimate of drug-likeness (QED) is 0.685. The van der Waals surface area contributed by atoms with Crippen molar-refractivity contribution in [3.05, 3.63) is 57.6 Å². The molecule has 30 heavy (non-hydrogen) atoms. The van der Waals surface area contributed by atoms with Gasteiger partial charge in [0.25, 0.3) is 5.91 Å². The van der Waals surface area contributed by atoms with E-state index in [1.165, 1.54) is 11.6 Å². The normalized spacial score (nSPS) is 25.0. The zero-order valence-corrected chi connectivity index (χ0v) is 15.9. The van der Waals surface area contributed by atoms with Gasteiger partial charge >= 0.3 is 11.6 Å². The molecule has 2 aromatic rings. The van der Waals surface area contributed by atoms with Crippen molar-refractivity contribution in [2.75, 3.05) is 11.9 Å². The van der Waals surface area contributed by atoms with Crippen molar-refractivity contribution in [1.29, 1.82) is 0 Å². The Morgan fingerprint density at radius 3 is 2.67 bits per heavy atom. The zero-order valence-electron chi connectivity index (χ0n) is 15.9. The van der Waals surface area contributed by atoms with Gasteiger partial charge in [0.05, 0.1) is 6.61 Å². The van der Waals surface area contributed by atoms with Gasteiger partial charge in [-0.1, -0.05) is 6.07 Å². The third kappa shape index (κ3) is 3.62. The van der Waals surface area contributed by atoms with Crippen LogP contribution in [0, 0.1) is 0 Å². The third-order valence-electron chi connectivity index (χ3n) is 5.49. The number of nitrogens with one attached hydrogen (secondary N) is 1. The molecule has 8 nitrogen and oxygen atoms in total. The lowest BCUT2D eigenvalue weighted by atomic mass is 9.90. The van der Waals surface area contributed by atoms with Crippen LogP contribution in [0.3, 0.4) is 0 Å². The summed E-state index contributed by atoms with van der Waals surface area (Å²) < 4.78 is 33.9. The molecule has 10 heteroatoms. The fourth-order valence-corrected chi connectivity index (χ4v) is 3.84. The lowest BCUT2D eigenvalue weighted by Crippen LogP contribution is -2.41. The number of aromatic nitrogens is 2. The van der Waals surface area contributed by atoms with E-state index in [1.807, 2.05) is 12.1 Å². The molecule has 1 aliphatic heterocycles. The van der Waals surface area contributed by atoms with E-state index in [1.54, 1.807) is 6.07 Å². The third-order valence-corrected chi connectivity index (χ3v) is 5.49. The lowest BCUT2D eigenvalue weighted by Gasteiger charge is -2.21. The molecule has 3 N–H and O–H groups in total.